The van der Waals surface area contributed by atoms with Gasteiger partial charge in [-0.3, -0.25) is 0 Å². The average molecular weight is 137 g/mol. The van der Waals surface area contributed by atoms with E-state index in [0.29, 0.717) is 0 Å². The van der Waals surface area contributed by atoms with Crippen LogP contribution in [0.5, 0.6) is 0 Å². The van der Waals surface area contributed by atoms with Crippen molar-refractivity contribution in [3.8, 4) is 6.07 Å². The lowest BCUT2D eigenvalue weighted by Crippen LogP contribution is -1.81. The van der Waals surface area contributed by atoms with E-state index in [1.165, 1.54) is 5.57 Å². The van der Waals surface area contributed by atoms with Crippen LogP contribution in [-0.4, -0.2) is 0 Å². The third kappa shape index (κ3) is 4.14. The van der Waals surface area contributed by atoms with Crippen LogP contribution in [0.2, 0.25) is 0 Å². The highest BCUT2D eigenvalue weighted by molar-refractivity contribution is 5.12. The summed E-state index contributed by atoms with van der Waals surface area (Å²) in [6.45, 7) is 4.28. The standard InChI is InChI=1S/C9H15N/c1-3-5-9(6-4-2)7-8-10/h7H,3-6H2,1-2H3. The van der Waals surface area contributed by atoms with E-state index in [4.69, 9.17) is 5.26 Å². The Balaban J connectivity index is 3.75. The summed E-state index contributed by atoms with van der Waals surface area (Å²) in [5.41, 5.74) is 1.30. The van der Waals surface area contributed by atoms with E-state index in [1.807, 2.05) is 0 Å². The summed E-state index contributed by atoms with van der Waals surface area (Å²) in [5.74, 6) is 0. The Hall–Kier alpha value is -0.770. The molecule has 1 nitrogen and oxygen atoms in total. The Morgan fingerprint density at radius 2 is 1.80 bits per heavy atom. The molecule has 0 aliphatic heterocycles. The highest BCUT2D eigenvalue weighted by atomic mass is 14.2. The molecule has 0 aromatic heterocycles. The highest BCUT2D eigenvalue weighted by Crippen LogP contribution is 2.10. The van der Waals surface area contributed by atoms with Crippen LogP contribution >= 0.6 is 0 Å². The van der Waals surface area contributed by atoms with Crippen LogP contribution in [0.25, 0.3) is 0 Å². The van der Waals surface area contributed by atoms with Gasteiger partial charge in [0.2, 0.25) is 0 Å². The van der Waals surface area contributed by atoms with Gasteiger partial charge in [-0.2, -0.15) is 5.26 Å². The first-order valence-electron chi connectivity index (χ1n) is 3.92. The molecule has 0 rings (SSSR count). The zero-order chi connectivity index (χ0) is 7.82. The molecule has 56 valence electrons. The summed E-state index contributed by atoms with van der Waals surface area (Å²) in [6, 6.07) is 2.08. The first kappa shape index (κ1) is 9.23. The van der Waals surface area contributed by atoms with Crippen LogP contribution in [0, 0.1) is 11.3 Å². The van der Waals surface area contributed by atoms with Crippen LogP contribution < -0.4 is 0 Å². The molecule has 0 fully saturated rings. The highest BCUT2D eigenvalue weighted by Gasteiger charge is 1.92. The lowest BCUT2D eigenvalue weighted by molar-refractivity contribution is 0.804. The Morgan fingerprint density at radius 1 is 1.30 bits per heavy atom. The van der Waals surface area contributed by atoms with Gasteiger partial charge in [0.05, 0.1) is 6.07 Å². The molecule has 0 aromatic rings. The van der Waals surface area contributed by atoms with Crippen molar-refractivity contribution in [2.24, 2.45) is 0 Å². The predicted molar refractivity (Wildman–Crippen MR) is 43.5 cm³/mol. The quantitative estimate of drug-likeness (QED) is 0.546. The minimum atomic E-state index is 1.08. The number of nitriles is 1. The summed E-state index contributed by atoms with van der Waals surface area (Å²) in [5, 5.41) is 8.36. The van der Waals surface area contributed by atoms with Gasteiger partial charge in [0.15, 0.2) is 0 Å². The largest absolute Gasteiger partial charge is 0.193 e. The minimum Gasteiger partial charge on any atom is -0.193 e. The van der Waals surface area contributed by atoms with Crippen molar-refractivity contribution in [2.45, 2.75) is 39.5 Å². The van der Waals surface area contributed by atoms with E-state index in [9.17, 15) is 0 Å². The number of allylic oxidation sites excluding steroid dienone is 2. The molecule has 0 aliphatic rings. The van der Waals surface area contributed by atoms with E-state index >= 15 is 0 Å². The SMILES string of the molecule is CCCC(=CC#N)CCC. The second-order valence-corrected chi connectivity index (χ2v) is 2.43. The molecule has 0 bridgehead atoms. The number of nitrogens with zero attached hydrogens (tertiary/aromatic N) is 1. The van der Waals surface area contributed by atoms with Crippen LogP contribution in [0.15, 0.2) is 11.6 Å². The zero-order valence-electron chi connectivity index (χ0n) is 6.85. The Kier molecular flexibility index (Phi) is 5.86. The van der Waals surface area contributed by atoms with Crippen molar-refractivity contribution in [3.63, 3.8) is 0 Å². The van der Waals surface area contributed by atoms with E-state index in [2.05, 4.69) is 19.9 Å². The van der Waals surface area contributed by atoms with Crippen molar-refractivity contribution in [3.05, 3.63) is 11.6 Å². The van der Waals surface area contributed by atoms with Gasteiger partial charge in [0, 0.05) is 6.08 Å². The predicted octanol–water partition coefficient (Wildman–Crippen LogP) is 3.04. The third-order valence-electron chi connectivity index (χ3n) is 1.41. The van der Waals surface area contributed by atoms with Crippen molar-refractivity contribution in [1.29, 1.82) is 5.26 Å². The topological polar surface area (TPSA) is 23.8 Å². The second-order valence-electron chi connectivity index (χ2n) is 2.43. The normalized spacial score (nSPS) is 8.50. The maximum atomic E-state index is 8.36. The van der Waals surface area contributed by atoms with Crippen molar-refractivity contribution in [2.75, 3.05) is 0 Å². The van der Waals surface area contributed by atoms with Crippen LogP contribution in [0.4, 0.5) is 0 Å². The van der Waals surface area contributed by atoms with Crippen molar-refractivity contribution < 1.29 is 0 Å². The first-order valence-corrected chi connectivity index (χ1v) is 3.92. The molecule has 0 spiro atoms. The molecule has 0 heterocycles. The summed E-state index contributed by atoms with van der Waals surface area (Å²) >= 11 is 0. The molecule has 0 aliphatic carbocycles. The lowest BCUT2D eigenvalue weighted by atomic mass is 10.1. The molecule has 0 saturated carbocycles. The summed E-state index contributed by atoms with van der Waals surface area (Å²) in [7, 11) is 0. The summed E-state index contributed by atoms with van der Waals surface area (Å²) in [6.07, 6.45) is 6.15. The Bertz CT molecular complexity index is 131. The average Bonchev–Trinajstić information content (AvgIpc) is 1.90. The molecule has 0 N–H and O–H groups in total. The molecular weight excluding hydrogens is 122 g/mol. The number of rotatable bonds is 4. The maximum absolute atomic E-state index is 8.36. The van der Waals surface area contributed by atoms with E-state index in [0.717, 1.165) is 25.7 Å². The zero-order valence-corrected chi connectivity index (χ0v) is 6.85. The molecule has 0 aromatic carbocycles. The molecule has 0 amide bonds. The van der Waals surface area contributed by atoms with Crippen LogP contribution in [0.1, 0.15) is 39.5 Å². The van der Waals surface area contributed by atoms with Crippen LogP contribution in [0.3, 0.4) is 0 Å². The van der Waals surface area contributed by atoms with Gasteiger partial charge in [-0.1, -0.05) is 32.3 Å². The molecule has 0 atom stereocenters. The maximum Gasteiger partial charge on any atom is 0.0911 e. The van der Waals surface area contributed by atoms with E-state index < -0.39 is 0 Å². The van der Waals surface area contributed by atoms with E-state index in [1.54, 1.807) is 6.08 Å². The first-order chi connectivity index (χ1) is 4.85. The second kappa shape index (κ2) is 6.35. The summed E-state index contributed by atoms with van der Waals surface area (Å²) < 4.78 is 0. The molecule has 0 unspecified atom stereocenters. The minimum absolute atomic E-state index is 1.08. The fourth-order valence-electron chi connectivity index (χ4n) is 1.00. The molecule has 0 saturated heterocycles. The van der Waals surface area contributed by atoms with E-state index in [-0.39, 0.29) is 0 Å². The Morgan fingerprint density at radius 3 is 2.10 bits per heavy atom. The molecule has 1 heteroatoms. The molecule has 0 radical (unpaired) electrons. The van der Waals surface area contributed by atoms with Gasteiger partial charge in [0.25, 0.3) is 0 Å². The Labute approximate surface area is 63.4 Å². The molecular formula is C9H15N. The van der Waals surface area contributed by atoms with Gasteiger partial charge >= 0.3 is 0 Å². The van der Waals surface area contributed by atoms with Crippen molar-refractivity contribution >= 4 is 0 Å². The third-order valence-corrected chi connectivity index (χ3v) is 1.41. The monoisotopic (exact) mass is 137 g/mol. The van der Waals surface area contributed by atoms with Gasteiger partial charge in [-0.15, -0.1) is 0 Å². The lowest BCUT2D eigenvalue weighted by Gasteiger charge is -1.99. The smallest absolute Gasteiger partial charge is 0.0911 e. The fourth-order valence-corrected chi connectivity index (χ4v) is 1.00. The van der Waals surface area contributed by atoms with Crippen LogP contribution in [-0.2, 0) is 0 Å². The fraction of sp³-hybridized carbons (Fsp3) is 0.667. The molecule has 10 heavy (non-hydrogen) atoms. The number of hydrogen-bond acceptors (Lipinski definition) is 1. The number of hydrogen-bond donors (Lipinski definition) is 0. The van der Waals surface area contributed by atoms with Gasteiger partial charge in [-0.25, -0.2) is 0 Å². The van der Waals surface area contributed by atoms with Crippen molar-refractivity contribution in [1.82, 2.24) is 0 Å². The van der Waals surface area contributed by atoms with Gasteiger partial charge in [0.1, 0.15) is 0 Å². The van der Waals surface area contributed by atoms with Gasteiger partial charge in [-0.05, 0) is 12.8 Å². The summed E-state index contributed by atoms with van der Waals surface area (Å²) in [4.78, 5) is 0. The van der Waals surface area contributed by atoms with Gasteiger partial charge < -0.3 is 0 Å².